The molecule has 0 N–H and O–H groups in total. The van der Waals surface area contributed by atoms with Gasteiger partial charge in [0.25, 0.3) is 0 Å². The van der Waals surface area contributed by atoms with Crippen molar-refractivity contribution >= 4 is 10.9 Å². The molecular formula is C15H16F3N3O. The Morgan fingerprint density at radius 3 is 2.59 bits per heavy atom. The fraction of sp³-hybridized carbons (Fsp3) is 0.533. The van der Waals surface area contributed by atoms with Crippen LogP contribution in [-0.4, -0.2) is 40.7 Å². The first-order valence-electron chi connectivity index (χ1n) is 7.45. The summed E-state index contributed by atoms with van der Waals surface area (Å²) < 4.78 is 43.1. The minimum absolute atomic E-state index is 0.192. The number of hydrogen-bond donors (Lipinski definition) is 0. The van der Waals surface area contributed by atoms with E-state index in [0.717, 1.165) is 37.9 Å². The molecule has 7 heteroatoms. The SMILES string of the molecule is FC(F)(F)Oc1ccc2cnn([C@@H]3CN4CCC3CC4)c2c1. The number of rotatable bonds is 2. The van der Waals surface area contributed by atoms with Crippen molar-refractivity contribution in [3.63, 3.8) is 0 Å². The van der Waals surface area contributed by atoms with E-state index >= 15 is 0 Å². The zero-order valence-corrected chi connectivity index (χ0v) is 11.9. The van der Waals surface area contributed by atoms with E-state index in [1.165, 1.54) is 12.1 Å². The van der Waals surface area contributed by atoms with Gasteiger partial charge in [-0.1, -0.05) is 0 Å². The molecule has 4 heterocycles. The Morgan fingerprint density at radius 2 is 1.95 bits per heavy atom. The topological polar surface area (TPSA) is 30.3 Å². The standard InChI is InChI=1S/C15H16F3N3O/c16-15(17,18)22-12-2-1-11-8-19-21(13(11)7-12)14-9-20-5-3-10(14)4-6-20/h1-2,7-8,10,14H,3-6,9H2/t14-/m1/s1. The fourth-order valence-corrected chi connectivity index (χ4v) is 3.69. The van der Waals surface area contributed by atoms with Gasteiger partial charge in [0.05, 0.1) is 17.8 Å². The molecule has 2 bridgehead atoms. The van der Waals surface area contributed by atoms with Crippen LogP contribution in [0.1, 0.15) is 18.9 Å². The van der Waals surface area contributed by atoms with Crippen LogP contribution in [0.3, 0.4) is 0 Å². The molecule has 4 nitrogen and oxygen atoms in total. The van der Waals surface area contributed by atoms with Gasteiger partial charge in [-0.05, 0) is 44.0 Å². The van der Waals surface area contributed by atoms with Crippen LogP contribution in [0.2, 0.25) is 0 Å². The number of nitrogens with zero attached hydrogens (tertiary/aromatic N) is 3. The van der Waals surface area contributed by atoms with Gasteiger partial charge in [-0.3, -0.25) is 4.68 Å². The highest BCUT2D eigenvalue weighted by atomic mass is 19.4. The number of benzene rings is 1. The molecule has 118 valence electrons. The van der Waals surface area contributed by atoms with Crippen LogP contribution in [0.15, 0.2) is 24.4 Å². The summed E-state index contributed by atoms with van der Waals surface area (Å²) in [5.41, 5.74) is 0.709. The van der Waals surface area contributed by atoms with E-state index < -0.39 is 6.36 Å². The molecule has 0 amide bonds. The summed E-state index contributed by atoms with van der Waals surface area (Å²) in [5.74, 6) is 0.364. The van der Waals surface area contributed by atoms with E-state index in [9.17, 15) is 13.2 Å². The minimum atomic E-state index is -4.67. The third-order valence-electron chi connectivity index (χ3n) is 4.74. The predicted molar refractivity (Wildman–Crippen MR) is 74.6 cm³/mol. The van der Waals surface area contributed by atoms with Crippen LogP contribution in [-0.2, 0) is 0 Å². The van der Waals surface area contributed by atoms with Crippen molar-refractivity contribution in [3.05, 3.63) is 24.4 Å². The molecular weight excluding hydrogens is 295 g/mol. The molecule has 3 saturated heterocycles. The third-order valence-corrected chi connectivity index (χ3v) is 4.74. The van der Waals surface area contributed by atoms with E-state index in [1.54, 1.807) is 12.3 Å². The van der Waals surface area contributed by atoms with Crippen LogP contribution < -0.4 is 4.74 Å². The number of piperidine rings is 3. The highest BCUT2D eigenvalue weighted by Crippen LogP contribution is 2.37. The summed E-state index contributed by atoms with van der Waals surface area (Å²) in [4.78, 5) is 2.40. The summed E-state index contributed by atoms with van der Waals surface area (Å²) in [7, 11) is 0. The van der Waals surface area contributed by atoms with Crippen molar-refractivity contribution in [2.45, 2.75) is 25.2 Å². The molecule has 5 rings (SSSR count). The lowest BCUT2D eigenvalue weighted by Gasteiger charge is -2.44. The van der Waals surface area contributed by atoms with Crippen molar-refractivity contribution < 1.29 is 17.9 Å². The summed E-state index contributed by atoms with van der Waals surface area (Å²) in [6, 6.07) is 4.63. The van der Waals surface area contributed by atoms with Gasteiger partial charge >= 0.3 is 6.36 Å². The molecule has 3 fully saturated rings. The molecule has 1 aromatic carbocycles. The second-order valence-electron chi connectivity index (χ2n) is 6.06. The smallest absolute Gasteiger partial charge is 0.406 e. The Balaban J connectivity index is 1.70. The maximum absolute atomic E-state index is 12.4. The summed E-state index contributed by atoms with van der Waals surface area (Å²) >= 11 is 0. The molecule has 3 aliphatic rings. The quantitative estimate of drug-likeness (QED) is 0.853. The Bertz CT molecular complexity index is 689. The summed E-state index contributed by atoms with van der Waals surface area (Å²) in [6.07, 6.45) is -0.700. The molecule has 0 radical (unpaired) electrons. The average Bonchev–Trinajstić information content (AvgIpc) is 2.89. The number of fused-ring (bicyclic) bond motifs is 4. The molecule has 1 atom stereocenters. The summed E-state index contributed by atoms with van der Waals surface area (Å²) in [6.45, 7) is 3.15. The molecule has 0 saturated carbocycles. The largest absolute Gasteiger partial charge is 0.573 e. The monoisotopic (exact) mass is 311 g/mol. The van der Waals surface area contributed by atoms with Crippen LogP contribution in [0, 0.1) is 5.92 Å². The van der Waals surface area contributed by atoms with E-state index in [4.69, 9.17) is 0 Å². The molecule has 2 aromatic rings. The predicted octanol–water partition coefficient (Wildman–Crippen LogP) is 3.20. The minimum Gasteiger partial charge on any atom is -0.406 e. The lowest BCUT2D eigenvalue weighted by Crippen LogP contribution is -2.48. The summed E-state index contributed by atoms with van der Waals surface area (Å²) in [5, 5.41) is 5.27. The first-order chi connectivity index (χ1) is 10.5. The van der Waals surface area contributed by atoms with E-state index in [-0.39, 0.29) is 11.8 Å². The molecule has 22 heavy (non-hydrogen) atoms. The van der Waals surface area contributed by atoms with Gasteiger partial charge in [-0.2, -0.15) is 5.10 Å². The van der Waals surface area contributed by atoms with Gasteiger partial charge < -0.3 is 9.64 Å². The van der Waals surface area contributed by atoms with Gasteiger partial charge in [0.1, 0.15) is 5.75 Å². The molecule has 3 aliphatic heterocycles. The Hall–Kier alpha value is -1.76. The van der Waals surface area contributed by atoms with Crippen molar-refractivity contribution in [3.8, 4) is 5.75 Å². The van der Waals surface area contributed by atoms with Crippen LogP contribution in [0.25, 0.3) is 10.9 Å². The van der Waals surface area contributed by atoms with Crippen molar-refractivity contribution in [1.82, 2.24) is 14.7 Å². The normalized spacial score (nSPS) is 28.2. The highest BCUT2D eigenvalue weighted by Gasteiger charge is 2.36. The molecule has 0 spiro atoms. The first kappa shape index (κ1) is 13.9. The Labute approximate surface area is 125 Å². The Morgan fingerprint density at radius 1 is 1.18 bits per heavy atom. The van der Waals surface area contributed by atoms with Crippen molar-refractivity contribution in [1.29, 1.82) is 0 Å². The average molecular weight is 311 g/mol. The van der Waals surface area contributed by atoms with E-state index in [1.807, 2.05) is 4.68 Å². The molecule has 1 aromatic heterocycles. The van der Waals surface area contributed by atoms with Crippen LogP contribution in [0.4, 0.5) is 13.2 Å². The Kier molecular flexibility index (Phi) is 3.07. The first-order valence-corrected chi connectivity index (χ1v) is 7.45. The fourth-order valence-electron chi connectivity index (χ4n) is 3.69. The maximum atomic E-state index is 12.4. The third kappa shape index (κ3) is 2.43. The number of hydrogen-bond acceptors (Lipinski definition) is 3. The number of alkyl halides is 3. The van der Waals surface area contributed by atoms with Crippen molar-refractivity contribution in [2.24, 2.45) is 5.92 Å². The second kappa shape index (κ2) is 4.87. The van der Waals surface area contributed by atoms with Crippen LogP contribution >= 0.6 is 0 Å². The zero-order valence-electron chi connectivity index (χ0n) is 11.9. The lowest BCUT2D eigenvalue weighted by atomic mass is 9.84. The van der Waals surface area contributed by atoms with Gasteiger partial charge in [-0.15, -0.1) is 13.2 Å². The second-order valence-corrected chi connectivity index (χ2v) is 6.06. The van der Waals surface area contributed by atoms with Gasteiger partial charge in [0.15, 0.2) is 0 Å². The van der Waals surface area contributed by atoms with Crippen LogP contribution in [0.5, 0.6) is 5.75 Å². The van der Waals surface area contributed by atoms with E-state index in [2.05, 4.69) is 14.7 Å². The van der Waals surface area contributed by atoms with Crippen molar-refractivity contribution in [2.75, 3.05) is 19.6 Å². The van der Waals surface area contributed by atoms with Gasteiger partial charge in [-0.25, -0.2) is 0 Å². The highest BCUT2D eigenvalue weighted by molar-refractivity contribution is 5.80. The number of ether oxygens (including phenoxy) is 1. The number of aromatic nitrogens is 2. The van der Waals surface area contributed by atoms with Gasteiger partial charge in [0, 0.05) is 18.0 Å². The molecule has 0 aliphatic carbocycles. The van der Waals surface area contributed by atoms with E-state index in [0.29, 0.717) is 11.4 Å². The number of halogens is 3. The van der Waals surface area contributed by atoms with Gasteiger partial charge in [0.2, 0.25) is 0 Å². The maximum Gasteiger partial charge on any atom is 0.573 e. The lowest BCUT2D eigenvalue weighted by molar-refractivity contribution is -0.274. The molecule has 0 unspecified atom stereocenters. The zero-order chi connectivity index (χ0) is 15.3.